The second-order valence-corrected chi connectivity index (χ2v) is 3.98. The second-order valence-electron chi connectivity index (χ2n) is 3.98. The quantitative estimate of drug-likeness (QED) is 0.747. The molecule has 0 saturated carbocycles. The van der Waals surface area contributed by atoms with Gasteiger partial charge in [-0.05, 0) is 12.1 Å². The summed E-state index contributed by atoms with van der Waals surface area (Å²) in [5, 5.41) is 7.89. The highest BCUT2D eigenvalue weighted by atomic mass is 15.3. The molecule has 2 aromatic rings. The Hall–Kier alpha value is -1.81. The summed E-state index contributed by atoms with van der Waals surface area (Å²) in [7, 11) is 0. The molecule has 2 heterocycles. The number of nitrogens with zero attached hydrogens (tertiary/aromatic N) is 2. The van der Waals surface area contributed by atoms with E-state index in [9.17, 15) is 0 Å². The molecule has 0 amide bonds. The molecule has 4 heteroatoms. The Morgan fingerprint density at radius 2 is 2.06 bits per heavy atom. The SMILES string of the molecule is Nc1c2c(nn1-c1ccccc1)CCNC2. The molecular formula is C12H14N4. The first kappa shape index (κ1) is 9.42. The van der Waals surface area contributed by atoms with Gasteiger partial charge in [0.05, 0.1) is 11.4 Å². The minimum absolute atomic E-state index is 0.758. The minimum Gasteiger partial charge on any atom is -0.383 e. The van der Waals surface area contributed by atoms with Crippen molar-refractivity contribution in [1.29, 1.82) is 0 Å². The normalized spacial score (nSPS) is 14.8. The standard InChI is InChI=1S/C12H14N4/c13-12-10-8-14-7-6-11(10)15-16(12)9-4-2-1-3-5-9/h1-5,14H,6-8,13H2. The third-order valence-corrected chi connectivity index (χ3v) is 2.95. The van der Waals surface area contributed by atoms with Crippen LogP contribution in [0.3, 0.4) is 0 Å². The van der Waals surface area contributed by atoms with Crippen molar-refractivity contribution in [2.75, 3.05) is 12.3 Å². The maximum atomic E-state index is 6.12. The molecule has 1 aromatic carbocycles. The largest absolute Gasteiger partial charge is 0.383 e. The fourth-order valence-corrected chi connectivity index (χ4v) is 2.09. The lowest BCUT2D eigenvalue weighted by Crippen LogP contribution is -2.23. The highest BCUT2D eigenvalue weighted by Crippen LogP contribution is 2.23. The summed E-state index contributed by atoms with van der Waals surface area (Å²) in [5.41, 5.74) is 9.41. The number of hydrogen-bond donors (Lipinski definition) is 2. The predicted octanol–water partition coefficient (Wildman–Crippen LogP) is 1.10. The van der Waals surface area contributed by atoms with E-state index in [1.165, 1.54) is 0 Å². The summed E-state index contributed by atoms with van der Waals surface area (Å²) in [5.74, 6) is 0.758. The van der Waals surface area contributed by atoms with Gasteiger partial charge in [0.2, 0.25) is 0 Å². The Kier molecular flexibility index (Phi) is 2.15. The van der Waals surface area contributed by atoms with Crippen LogP contribution in [0.1, 0.15) is 11.3 Å². The van der Waals surface area contributed by atoms with Gasteiger partial charge in [-0.3, -0.25) is 0 Å². The smallest absolute Gasteiger partial charge is 0.132 e. The van der Waals surface area contributed by atoms with Crippen LogP contribution in [0.25, 0.3) is 5.69 Å². The molecule has 0 saturated heterocycles. The number of para-hydroxylation sites is 1. The zero-order valence-corrected chi connectivity index (χ0v) is 8.98. The number of nitrogen functional groups attached to an aromatic ring is 1. The number of benzene rings is 1. The molecule has 0 radical (unpaired) electrons. The predicted molar refractivity (Wildman–Crippen MR) is 63.4 cm³/mol. The molecular weight excluding hydrogens is 200 g/mol. The van der Waals surface area contributed by atoms with Crippen molar-refractivity contribution in [3.8, 4) is 5.69 Å². The summed E-state index contributed by atoms with van der Waals surface area (Å²) in [6.45, 7) is 1.81. The first-order chi connectivity index (χ1) is 7.86. The molecule has 0 atom stereocenters. The van der Waals surface area contributed by atoms with Gasteiger partial charge < -0.3 is 11.1 Å². The summed E-state index contributed by atoms with van der Waals surface area (Å²) in [6.07, 6.45) is 0.958. The van der Waals surface area contributed by atoms with E-state index < -0.39 is 0 Å². The van der Waals surface area contributed by atoms with E-state index in [-0.39, 0.29) is 0 Å². The van der Waals surface area contributed by atoms with Crippen molar-refractivity contribution < 1.29 is 0 Å². The molecule has 0 spiro atoms. The highest BCUT2D eigenvalue weighted by Gasteiger charge is 2.18. The third-order valence-electron chi connectivity index (χ3n) is 2.95. The third kappa shape index (κ3) is 1.39. The van der Waals surface area contributed by atoms with Crippen molar-refractivity contribution in [3.05, 3.63) is 41.6 Å². The molecule has 1 aliphatic heterocycles. The average molecular weight is 214 g/mol. The zero-order chi connectivity index (χ0) is 11.0. The molecule has 1 aliphatic rings. The summed E-state index contributed by atoms with van der Waals surface area (Å²) in [6, 6.07) is 10.0. The Morgan fingerprint density at radius 3 is 2.81 bits per heavy atom. The summed E-state index contributed by atoms with van der Waals surface area (Å²) in [4.78, 5) is 0. The Bertz CT molecular complexity index is 501. The highest BCUT2D eigenvalue weighted by molar-refractivity contribution is 5.50. The van der Waals surface area contributed by atoms with Crippen LogP contribution in [0.2, 0.25) is 0 Å². The second kappa shape index (κ2) is 3.64. The van der Waals surface area contributed by atoms with Crippen molar-refractivity contribution >= 4 is 5.82 Å². The van der Waals surface area contributed by atoms with E-state index in [1.54, 1.807) is 0 Å². The van der Waals surface area contributed by atoms with Crippen LogP contribution in [-0.4, -0.2) is 16.3 Å². The molecule has 1 aromatic heterocycles. The minimum atomic E-state index is 0.758. The molecule has 0 unspecified atom stereocenters. The van der Waals surface area contributed by atoms with E-state index in [4.69, 9.17) is 5.73 Å². The van der Waals surface area contributed by atoms with Crippen LogP contribution >= 0.6 is 0 Å². The summed E-state index contributed by atoms with van der Waals surface area (Å²) >= 11 is 0. The molecule has 0 bridgehead atoms. The van der Waals surface area contributed by atoms with Crippen LogP contribution in [0, 0.1) is 0 Å². The molecule has 0 aliphatic carbocycles. The van der Waals surface area contributed by atoms with E-state index in [2.05, 4.69) is 10.4 Å². The van der Waals surface area contributed by atoms with Crippen LogP contribution in [0.4, 0.5) is 5.82 Å². The lowest BCUT2D eigenvalue weighted by Gasteiger charge is -2.10. The Labute approximate surface area is 94.1 Å². The maximum absolute atomic E-state index is 6.12. The Balaban J connectivity index is 2.12. The van der Waals surface area contributed by atoms with Gasteiger partial charge in [0.15, 0.2) is 0 Å². The number of aromatic nitrogens is 2. The van der Waals surface area contributed by atoms with Gasteiger partial charge >= 0.3 is 0 Å². The lowest BCUT2D eigenvalue weighted by molar-refractivity contribution is 0.636. The number of hydrogen-bond acceptors (Lipinski definition) is 3. The number of rotatable bonds is 1. The van der Waals surface area contributed by atoms with Gasteiger partial charge in [0.25, 0.3) is 0 Å². The van der Waals surface area contributed by atoms with Gasteiger partial charge in [-0.15, -0.1) is 0 Å². The first-order valence-corrected chi connectivity index (χ1v) is 5.48. The molecule has 4 nitrogen and oxygen atoms in total. The number of fused-ring (bicyclic) bond motifs is 1. The van der Waals surface area contributed by atoms with Crippen molar-refractivity contribution in [3.63, 3.8) is 0 Å². The van der Waals surface area contributed by atoms with Crippen LogP contribution in [0.15, 0.2) is 30.3 Å². The van der Waals surface area contributed by atoms with E-state index in [1.807, 2.05) is 35.0 Å². The number of nitrogens with two attached hydrogens (primary N) is 1. The average Bonchev–Trinajstić information content (AvgIpc) is 2.69. The van der Waals surface area contributed by atoms with E-state index in [0.29, 0.717) is 0 Å². The first-order valence-electron chi connectivity index (χ1n) is 5.48. The topological polar surface area (TPSA) is 55.9 Å². The van der Waals surface area contributed by atoms with Gasteiger partial charge in [-0.25, -0.2) is 4.68 Å². The van der Waals surface area contributed by atoms with Gasteiger partial charge in [0, 0.05) is 25.1 Å². The van der Waals surface area contributed by atoms with Crippen molar-refractivity contribution in [2.24, 2.45) is 0 Å². The van der Waals surface area contributed by atoms with E-state index >= 15 is 0 Å². The van der Waals surface area contributed by atoms with Crippen LogP contribution in [-0.2, 0) is 13.0 Å². The zero-order valence-electron chi connectivity index (χ0n) is 8.98. The fraction of sp³-hybridized carbons (Fsp3) is 0.250. The van der Waals surface area contributed by atoms with Crippen LogP contribution in [0.5, 0.6) is 0 Å². The fourth-order valence-electron chi connectivity index (χ4n) is 2.09. The molecule has 3 N–H and O–H groups in total. The van der Waals surface area contributed by atoms with Gasteiger partial charge in [-0.1, -0.05) is 18.2 Å². The Morgan fingerprint density at radius 1 is 1.25 bits per heavy atom. The number of anilines is 1. The lowest BCUT2D eigenvalue weighted by atomic mass is 10.1. The molecule has 82 valence electrons. The van der Waals surface area contributed by atoms with Crippen LogP contribution < -0.4 is 11.1 Å². The molecule has 0 fully saturated rings. The molecule has 3 rings (SSSR count). The van der Waals surface area contributed by atoms with Crippen molar-refractivity contribution in [1.82, 2.24) is 15.1 Å². The molecule has 16 heavy (non-hydrogen) atoms. The maximum Gasteiger partial charge on any atom is 0.132 e. The van der Waals surface area contributed by atoms with E-state index in [0.717, 1.165) is 42.3 Å². The van der Waals surface area contributed by atoms with Crippen molar-refractivity contribution in [2.45, 2.75) is 13.0 Å². The number of nitrogens with one attached hydrogen (secondary N) is 1. The van der Waals surface area contributed by atoms with Gasteiger partial charge in [-0.2, -0.15) is 5.10 Å². The monoisotopic (exact) mass is 214 g/mol. The summed E-state index contributed by atoms with van der Waals surface area (Å²) < 4.78 is 1.83. The van der Waals surface area contributed by atoms with Gasteiger partial charge in [0.1, 0.15) is 5.82 Å².